The highest BCUT2D eigenvalue weighted by molar-refractivity contribution is 5.89. The van der Waals surface area contributed by atoms with Crippen molar-refractivity contribution < 1.29 is 9.18 Å². The fourth-order valence-corrected chi connectivity index (χ4v) is 4.05. The number of aryl methyl sites for hydroxylation is 3. The SMILES string of the molecule is Cc1ccccc1CCN(Cc1cc2ccc(C)c(C)c2[nH]c1=O)C(=O)Nc1ccccc1F. The number of hydrogen-bond donors (Lipinski definition) is 2. The molecule has 0 aliphatic rings. The van der Waals surface area contributed by atoms with Gasteiger partial charge in [0, 0.05) is 12.1 Å². The number of aromatic nitrogens is 1. The summed E-state index contributed by atoms with van der Waals surface area (Å²) in [7, 11) is 0. The van der Waals surface area contributed by atoms with Crippen LogP contribution in [0.3, 0.4) is 0 Å². The average molecular weight is 458 g/mol. The highest BCUT2D eigenvalue weighted by Gasteiger charge is 2.18. The first-order valence-electron chi connectivity index (χ1n) is 11.3. The van der Waals surface area contributed by atoms with Crippen molar-refractivity contribution in [2.75, 3.05) is 11.9 Å². The molecule has 4 rings (SSSR count). The molecule has 1 aromatic heterocycles. The Bertz CT molecular complexity index is 1410. The smallest absolute Gasteiger partial charge is 0.321 e. The third kappa shape index (κ3) is 5.01. The minimum atomic E-state index is -0.510. The van der Waals surface area contributed by atoms with Gasteiger partial charge in [-0.3, -0.25) is 4.79 Å². The normalized spacial score (nSPS) is 10.9. The first kappa shape index (κ1) is 23.2. The fourth-order valence-electron chi connectivity index (χ4n) is 4.05. The van der Waals surface area contributed by atoms with Crippen molar-refractivity contribution in [2.45, 2.75) is 33.7 Å². The van der Waals surface area contributed by atoms with E-state index in [4.69, 9.17) is 0 Å². The molecule has 34 heavy (non-hydrogen) atoms. The van der Waals surface area contributed by atoms with E-state index in [1.165, 1.54) is 12.1 Å². The van der Waals surface area contributed by atoms with E-state index in [-0.39, 0.29) is 17.8 Å². The molecule has 2 N–H and O–H groups in total. The van der Waals surface area contributed by atoms with E-state index >= 15 is 0 Å². The zero-order chi connectivity index (χ0) is 24.2. The number of rotatable bonds is 6. The molecule has 0 saturated carbocycles. The highest BCUT2D eigenvalue weighted by Crippen LogP contribution is 2.20. The Hall–Kier alpha value is -3.93. The summed E-state index contributed by atoms with van der Waals surface area (Å²) in [5.41, 5.74) is 5.51. The summed E-state index contributed by atoms with van der Waals surface area (Å²) >= 11 is 0. The molecule has 5 nitrogen and oxygen atoms in total. The Balaban J connectivity index is 1.64. The number of aromatic amines is 1. The van der Waals surface area contributed by atoms with Gasteiger partial charge in [0.1, 0.15) is 5.82 Å². The number of H-pyrrole nitrogens is 1. The second kappa shape index (κ2) is 9.91. The predicted octanol–water partition coefficient (Wildman–Crippen LogP) is 5.87. The molecular formula is C28H28FN3O2. The number of fused-ring (bicyclic) bond motifs is 1. The lowest BCUT2D eigenvalue weighted by atomic mass is 10.0. The molecule has 0 bridgehead atoms. The van der Waals surface area contributed by atoms with Gasteiger partial charge < -0.3 is 15.2 Å². The molecule has 0 fully saturated rings. The van der Waals surface area contributed by atoms with Gasteiger partial charge in [0.2, 0.25) is 0 Å². The molecule has 0 radical (unpaired) electrons. The van der Waals surface area contributed by atoms with Crippen LogP contribution in [0, 0.1) is 26.6 Å². The van der Waals surface area contributed by atoms with Crippen molar-refractivity contribution in [3.8, 4) is 0 Å². The van der Waals surface area contributed by atoms with Crippen LogP contribution >= 0.6 is 0 Å². The predicted molar refractivity (Wildman–Crippen MR) is 135 cm³/mol. The maximum atomic E-state index is 14.2. The summed E-state index contributed by atoms with van der Waals surface area (Å²) in [6.07, 6.45) is 0.612. The van der Waals surface area contributed by atoms with Crippen LogP contribution in [0.2, 0.25) is 0 Å². The highest BCUT2D eigenvalue weighted by atomic mass is 19.1. The standard InChI is InChI=1S/C28H28FN3O2/c1-18-12-13-22-16-23(27(33)31-26(22)20(18)3)17-32(15-14-21-9-5-4-8-19(21)2)28(34)30-25-11-7-6-10-24(25)29/h4-13,16H,14-15,17H2,1-3H3,(H,30,34)(H,31,33). The molecule has 3 aromatic carbocycles. The second-order valence-corrected chi connectivity index (χ2v) is 8.60. The minimum Gasteiger partial charge on any atom is -0.321 e. The van der Waals surface area contributed by atoms with Crippen LogP contribution in [-0.2, 0) is 13.0 Å². The Kier molecular flexibility index (Phi) is 6.77. The van der Waals surface area contributed by atoms with Crippen LogP contribution < -0.4 is 10.9 Å². The monoisotopic (exact) mass is 457 g/mol. The number of nitrogens with one attached hydrogen (secondary N) is 2. The topological polar surface area (TPSA) is 65.2 Å². The molecular weight excluding hydrogens is 429 g/mol. The lowest BCUT2D eigenvalue weighted by molar-refractivity contribution is 0.209. The third-order valence-electron chi connectivity index (χ3n) is 6.30. The summed E-state index contributed by atoms with van der Waals surface area (Å²) in [5, 5.41) is 3.56. The molecule has 2 amide bonds. The van der Waals surface area contributed by atoms with Crippen molar-refractivity contribution in [1.29, 1.82) is 0 Å². The lowest BCUT2D eigenvalue weighted by Gasteiger charge is -2.24. The number of pyridine rings is 1. The Labute approximate surface area is 198 Å². The van der Waals surface area contributed by atoms with Crippen molar-refractivity contribution in [3.05, 3.63) is 111 Å². The molecule has 0 aliphatic carbocycles. The van der Waals surface area contributed by atoms with Gasteiger partial charge in [0.15, 0.2) is 0 Å². The number of urea groups is 1. The number of carbonyl (C=O) groups excluding carboxylic acids is 1. The van der Waals surface area contributed by atoms with Crippen LogP contribution in [0.4, 0.5) is 14.9 Å². The quantitative estimate of drug-likeness (QED) is 0.380. The Morgan fingerprint density at radius 3 is 2.44 bits per heavy atom. The Morgan fingerprint density at radius 2 is 1.68 bits per heavy atom. The molecule has 1 heterocycles. The molecule has 6 heteroatoms. The van der Waals surface area contributed by atoms with Gasteiger partial charge in [0.05, 0.1) is 17.7 Å². The summed E-state index contributed by atoms with van der Waals surface area (Å²) in [5.74, 6) is -0.510. The molecule has 0 unspecified atom stereocenters. The van der Waals surface area contributed by atoms with Crippen molar-refractivity contribution in [3.63, 3.8) is 0 Å². The maximum Gasteiger partial charge on any atom is 0.322 e. The van der Waals surface area contributed by atoms with Crippen LogP contribution in [0.25, 0.3) is 10.9 Å². The van der Waals surface area contributed by atoms with Gasteiger partial charge in [-0.05, 0) is 73.0 Å². The zero-order valence-electron chi connectivity index (χ0n) is 19.6. The number of nitrogens with zero attached hydrogens (tertiary/aromatic N) is 1. The lowest BCUT2D eigenvalue weighted by Crippen LogP contribution is -2.37. The van der Waals surface area contributed by atoms with E-state index in [1.54, 1.807) is 17.0 Å². The van der Waals surface area contributed by atoms with Crippen LogP contribution in [0.1, 0.15) is 27.8 Å². The van der Waals surface area contributed by atoms with E-state index in [0.717, 1.165) is 33.2 Å². The summed E-state index contributed by atoms with van der Waals surface area (Å²) in [4.78, 5) is 30.6. The van der Waals surface area contributed by atoms with E-state index < -0.39 is 11.8 Å². The summed E-state index contributed by atoms with van der Waals surface area (Å²) in [6, 6.07) is 19.4. The number of benzene rings is 3. The van der Waals surface area contributed by atoms with Crippen LogP contribution in [0.5, 0.6) is 0 Å². The number of anilines is 1. The molecule has 0 spiro atoms. The minimum absolute atomic E-state index is 0.102. The van der Waals surface area contributed by atoms with Crippen molar-refractivity contribution in [1.82, 2.24) is 9.88 Å². The summed E-state index contributed by atoms with van der Waals surface area (Å²) < 4.78 is 14.2. The van der Waals surface area contributed by atoms with E-state index in [9.17, 15) is 14.0 Å². The first-order valence-corrected chi connectivity index (χ1v) is 11.3. The molecule has 0 atom stereocenters. The fraction of sp³-hybridized carbons (Fsp3) is 0.214. The number of hydrogen-bond acceptors (Lipinski definition) is 2. The van der Waals surface area contributed by atoms with Crippen LogP contribution in [0.15, 0.2) is 71.5 Å². The van der Waals surface area contributed by atoms with Gasteiger partial charge in [-0.2, -0.15) is 0 Å². The molecule has 0 aliphatic heterocycles. The van der Waals surface area contributed by atoms with E-state index in [0.29, 0.717) is 18.5 Å². The van der Waals surface area contributed by atoms with Crippen molar-refractivity contribution in [2.24, 2.45) is 0 Å². The number of amides is 2. The second-order valence-electron chi connectivity index (χ2n) is 8.60. The van der Waals surface area contributed by atoms with Gasteiger partial charge >= 0.3 is 6.03 Å². The number of para-hydroxylation sites is 1. The maximum absolute atomic E-state index is 14.2. The van der Waals surface area contributed by atoms with Gasteiger partial charge in [-0.25, -0.2) is 9.18 Å². The van der Waals surface area contributed by atoms with Gasteiger partial charge in [-0.1, -0.05) is 48.5 Å². The van der Waals surface area contributed by atoms with Crippen LogP contribution in [-0.4, -0.2) is 22.5 Å². The van der Waals surface area contributed by atoms with E-state index in [2.05, 4.69) is 10.3 Å². The molecule has 174 valence electrons. The number of carbonyl (C=O) groups is 1. The van der Waals surface area contributed by atoms with Crippen molar-refractivity contribution >= 4 is 22.6 Å². The number of halogens is 1. The Morgan fingerprint density at radius 1 is 0.941 bits per heavy atom. The largest absolute Gasteiger partial charge is 0.322 e. The average Bonchev–Trinajstić information content (AvgIpc) is 2.82. The van der Waals surface area contributed by atoms with E-state index in [1.807, 2.05) is 63.2 Å². The van der Waals surface area contributed by atoms with Gasteiger partial charge in [0.25, 0.3) is 5.56 Å². The zero-order valence-corrected chi connectivity index (χ0v) is 19.6. The molecule has 0 saturated heterocycles. The first-order chi connectivity index (χ1) is 16.3. The summed E-state index contributed by atoms with van der Waals surface area (Å²) in [6.45, 7) is 6.47. The van der Waals surface area contributed by atoms with Gasteiger partial charge in [-0.15, -0.1) is 0 Å². The molecule has 4 aromatic rings. The third-order valence-corrected chi connectivity index (χ3v) is 6.30.